The van der Waals surface area contributed by atoms with Gasteiger partial charge in [-0.3, -0.25) is 3.79 Å². The van der Waals surface area contributed by atoms with E-state index in [4.69, 9.17) is 0 Å². The summed E-state index contributed by atoms with van der Waals surface area (Å²) in [5.74, 6) is 0. The van der Waals surface area contributed by atoms with Crippen LogP contribution >= 0.6 is 11.5 Å². The Bertz CT molecular complexity index is 320. The Morgan fingerprint density at radius 1 is 1.78 bits per heavy atom. The zero-order chi connectivity index (χ0) is 6.27. The minimum Gasteiger partial charge on any atom is -0.251 e. The average Bonchev–Trinajstić information content (AvgIpc) is 2.35. The van der Waals surface area contributed by atoms with Crippen molar-refractivity contribution in [3.8, 4) is 0 Å². The van der Waals surface area contributed by atoms with Crippen LogP contribution in [0, 0.1) is 13.1 Å². The maximum Gasteiger partial charge on any atom is 0.147 e. The number of fused-ring (bicyclic) bond motifs is 1. The van der Waals surface area contributed by atoms with Gasteiger partial charge in [-0.15, -0.1) is 0 Å². The molecule has 2 nitrogen and oxygen atoms in total. The van der Waals surface area contributed by atoms with Crippen LogP contribution in [0.15, 0.2) is 11.4 Å². The maximum atomic E-state index is 4.03. The molecule has 9 heavy (non-hydrogen) atoms. The summed E-state index contributed by atoms with van der Waals surface area (Å²) in [4.78, 5) is 4.03. The predicted octanol–water partition coefficient (Wildman–Crippen LogP) is 1.50. The van der Waals surface area contributed by atoms with Gasteiger partial charge in [0.15, 0.2) is 0 Å². The van der Waals surface area contributed by atoms with E-state index >= 15 is 0 Å². The highest BCUT2D eigenvalue weighted by molar-refractivity contribution is 7.04. The van der Waals surface area contributed by atoms with Gasteiger partial charge in [-0.25, -0.2) is 4.98 Å². The van der Waals surface area contributed by atoms with Crippen molar-refractivity contribution in [1.29, 1.82) is 0 Å². The van der Waals surface area contributed by atoms with Crippen LogP contribution < -0.4 is 0 Å². The van der Waals surface area contributed by atoms with Gasteiger partial charge in [-0.1, -0.05) is 11.5 Å². The molecule has 0 unspecified atom stereocenters. The molecule has 0 N–H and O–H groups in total. The first-order valence-corrected chi connectivity index (χ1v) is 3.52. The molecule has 0 saturated heterocycles. The van der Waals surface area contributed by atoms with Crippen molar-refractivity contribution in [3.05, 3.63) is 23.3 Å². The van der Waals surface area contributed by atoms with E-state index < -0.39 is 0 Å². The Morgan fingerprint density at radius 2 is 2.67 bits per heavy atom. The molecule has 0 amide bonds. The van der Waals surface area contributed by atoms with Gasteiger partial charge in [-0.05, 0) is 13.0 Å². The smallest absolute Gasteiger partial charge is 0.147 e. The van der Waals surface area contributed by atoms with E-state index in [0.717, 1.165) is 11.3 Å². The SMILES string of the molecule is Cc1[c]nc2ccsn12. The van der Waals surface area contributed by atoms with E-state index in [-0.39, 0.29) is 0 Å². The van der Waals surface area contributed by atoms with Gasteiger partial charge in [0.25, 0.3) is 0 Å². The molecule has 3 heteroatoms. The van der Waals surface area contributed by atoms with Crippen LogP contribution in [0.4, 0.5) is 0 Å². The maximum absolute atomic E-state index is 4.03. The highest BCUT2D eigenvalue weighted by Gasteiger charge is 1.96. The summed E-state index contributed by atoms with van der Waals surface area (Å²) in [7, 11) is 0. The van der Waals surface area contributed by atoms with Crippen LogP contribution in [0.5, 0.6) is 0 Å². The lowest BCUT2D eigenvalue weighted by molar-refractivity contribution is 1.24. The van der Waals surface area contributed by atoms with Crippen molar-refractivity contribution in [2.45, 2.75) is 6.92 Å². The Labute approximate surface area is 56.9 Å². The molecular formula is C6H5N2S. The highest BCUT2D eigenvalue weighted by atomic mass is 32.1. The van der Waals surface area contributed by atoms with Crippen LogP contribution in [0.2, 0.25) is 0 Å². The normalized spacial score (nSPS) is 10.8. The Morgan fingerprint density at radius 3 is 3.44 bits per heavy atom. The van der Waals surface area contributed by atoms with Crippen LogP contribution in [-0.2, 0) is 0 Å². The molecule has 1 radical (unpaired) electrons. The topological polar surface area (TPSA) is 17.3 Å². The molecule has 2 aromatic rings. The van der Waals surface area contributed by atoms with E-state index in [1.54, 1.807) is 11.5 Å². The van der Waals surface area contributed by atoms with Crippen molar-refractivity contribution in [2.75, 3.05) is 0 Å². The first-order chi connectivity index (χ1) is 4.38. The number of aryl methyl sites for hydroxylation is 1. The summed E-state index contributed by atoms with van der Waals surface area (Å²) < 4.78 is 2.04. The fourth-order valence-electron chi connectivity index (χ4n) is 0.791. The zero-order valence-corrected chi connectivity index (χ0v) is 5.77. The third-order valence-corrected chi connectivity index (χ3v) is 2.16. The second kappa shape index (κ2) is 1.57. The summed E-state index contributed by atoms with van der Waals surface area (Å²) >= 11 is 1.64. The molecule has 2 aromatic heterocycles. The Hall–Kier alpha value is -0.830. The molecule has 2 heterocycles. The first kappa shape index (κ1) is 4.99. The number of rotatable bonds is 0. The number of aromatic nitrogens is 2. The third-order valence-electron chi connectivity index (χ3n) is 1.23. The second-order valence-corrected chi connectivity index (χ2v) is 2.72. The molecule has 45 valence electrons. The van der Waals surface area contributed by atoms with E-state index in [1.807, 2.05) is 22.2 Å². The molecule has 0 aliphatic carbocycles. The van der Waals surface area contributed by atoms with Crippen LogP contribution in [0.25, 0.3) is 5.65 Å². The van der Waals surface area contributed by atoms with Crippen LogP contribution in [-0.4, -0.2) is 8.77 Å². The standard InChI is InChI=1S/C6H5N2S/c1-5-4-7-6-2-3-9-8(5)6/h2-3H,1H3. The summed E-state index contributed by atoms with van der Waals surface area (Å²) in [6.45, 7) is 2.00. The molecule has 0 aromatic carbocycles. The quantitative estimate of drug-likeness (QED) is 0.538. The van der Waals surface area contributed by atoms with E-state index in [1.165, 1.54) is 0 Å². The molecular weight excluding hydrogens is 132 g/mol. The predicted molar refractivity (Wildman–Crippen MR) is 36.6 cm³/mol. The van der Waals surface area contributed by atoms with Gasteiger partial charge in [0.2, 0.25) is 0 Å². The largest absolute Gasteiger partial charge is 0.251 e. The zero-order valence-electron chi connectivity index (χ0n) is 4.96. The number of imidazole rings is 1. The van der Waals surface area contributed by atoms with Gasteiger partial charge in [0.05, 0.1) is 5.69 Å². The second-order valence-electron chi connectivity index (χ2n) is 1.87. The first-order valence-electron chi connectivity index (χ1n) is 2.68. The molecule has 0 spiro atoms. The van der Waals surface area contributed by atoms with E-state index in [2.05, 4.69) is 11.2 Å². The highest BCUT2D eigenvalue weighted by Crippen LogP contribution is 2.09. The van der Waals surface area contributed by atoms with Gasteiger partial charge in [-0.2, -0.15) is 0 Å². The molecule has 0 atom stereocenters. The Kier molecular flexibility index (Phi) is 0.873. The molecule has 0 saturated carbocycles. The van der Waals surface area contributed by atoms with E-state index in [0.29, 0.717) is 0 Å². The molecule has 0 bridgehead atoms. The minimum atomic E-state index is 0.998. The number of hydrogen-bond donors (Lipinski definition) is 0. The molecule has 0 aliphatic heterocycles. The molecule has 2 rings (SSSR count). The van der Waals surface area contributed by atoms with Crippen molar-refractivity contribution < 1.29 is 0 Å². The van der Waals surface area contributed by atoms with Crippen molar-refractivity contribution in [3.63, 3.8) is 0 Å². The molecule has 0 aliphatic rings. The van der Waals surface area contributed by atoms with Crippen molar-refractivity contribution in [1.82, 2.24) is 8.77 Å². The van der Waals surface area contributed by atoms with Crippen molar-refractivity contribution >= 4 is 17.2 Å². The fraction of sp³-hybridized carbons (Fsp3) is 0.167. The lowest BCUT2D eigenvalue weighted by Gasteiger charge is -1.80. The lowest BCUT2D eigenvalue weighted by Crippen LogP contribution is -1.73. The van der Waals surface area contributed by atoms with Crippen molar-refractivity contribution in [2.24, 2.45) is 0 Å². The van der Waals surface area contributed by atoms with Crippen LogP contribution in [0.1, 0.15) is 5.69 Å². The number of hydrogen-bond acceptors (Lipinski definition) is 2. The van der Waals surface area contributed by atoms with Gasteiger partial charge >= 0.3 is 0 Å². The summed E-state index contributed by atoms with van der Waals surface area (Å²) in [5, 5.41) is 2.02. The number of nitrogens with zero attached hydrogens (tertiary/aromatic N) is 2. The van der Waals surface area contributed by atoms with Crippen LogP contribution in [0.3, 0.4) is 0 Å². The minimum absolute atomic E-state index is 0.998. The molecule has 0 fully saturated rings. The summed E-state index contributed by atoms with van der Waals surface area (Å²) in [5.41, 5.74) is 2.08. The Balaban J connectivity index is 2.99. The van der Waals surface area contributed by atoms with Gasteiger partial charge in [0.1, 0.15) is 11.8 Å². The summed E-state index contributed by atoms with van der Waals surface area (Å²) in [6, 6.07) is 1.98. The van der Waals surface area contributed by atoms with Gasteiger partial charge in [0, 0.05) is 5.38 Å². The third kappa shape index (κ3) is 0.580. The van der Waals surface area contributed by atoms with E-state index in [9.17, 15) is 0 Å². The average molecular weight is 137 g/mol. The van der Waals surface area contributed by atoms with Gasteiger partial charge < -0.3 is 0 Å². The monoisotopic (exact) mass is 137 g/mol. The fourth-order valence-corrected chi connectivity index (χ4v) is 1.50. The summed E-state index contributed by atoms with van der Waals surface area (Å²) in [6.07, 6.45) is 2.88. The lowest BCUT2D eigenvalue weighted by atomic mass is 10.6.